The largest absolute Gasteiger partial charge is 0.480 e. The predicted molar refractivity (Wildman–Crippen MR) is 113 cm³/mol. The minimum atomic E-state index is -0.623. The van der Waals surface area contributed by atoms with Gasteiger partial charge < -0.3 is 9.64 Å². The number of nitrogens with zero attached hydrogens (tertiary/aromatic N) is 3. The van der Waals surface area contributed by atoms with Gasteiger partial charge in [-0.15, -0.1) is 0 Å². The molecule has 5 nitrogen and oxygen atoms in total. The molecular formula is C21H21BrClN3O2. The maximum atomic E-state index is 12.7. The van der Waals surface area contributed by atoms with Gasteiger partial charge in [-0.1, -0.05) is 41.9 Å². The van der Waals surface area contributed by atoms with Gasteiger partial charge in [0.15, 0.2) is 6.10 Å². The molecule has 0 aliphatic rings. The molecule has 1 unspecified atom stereocenters. The normalized spacial score (nSPS) is 11.9. The van der Waals surface area contributed by atoms with Gasteiger partial charge >= 0.3 is 0 Å². The summed E-state index contributed by atoms with van der Waals surface area (Å²) in [6.07, 6.45) is 3.12. The van der Waals surface area contributed by atoms with E-state index in [1.165, 1.54) is 5.56 Å². The highest BCUT2D eigenvalue weighted by Gasteiger charge is 2.20. The fourth-order valence-electron chi connectivity index (χ4n) is 2.82. The van der Waals surface area contributed by atoms with E-state index >= 15 is 0 Å². The highest BCUT2D eigenvalue weighted by Crippen LogP contribution is 2.29. The second-order valence-corrected chi connectivity index (χ2v) is 7.85. The van der Waals surface area contributed by atoms with Crippen molar-refractivity contribution in [1.29, 1.82) is 0 Å². The van der Waals surface area contributed by atoms with Crippen LogP contribution in [0.2, 0.25) is 5.02 Å². The molecule has 28 heavy (non-hydrogen) atoms. The van der Waals surface area contributed by atoms with Crippen molar-refractivity contribution >= 4 is 33.4 Å². The van der Waals surface area contributed by atoms with Crippen LogP contribution in [0, 0.1) is 0 Å². The molecule has 146 valence electrons. The number of carbonyl (C=O) groups excluding carboxylic acids is 1. The van der Waals surface area contributed by atoms with Gasteiger partial charge in [0.05, 0.1) is 17.2 Å². The summed E-state index contributed by atoms with van der Waals surface area (Å²) >= 11 is 9.34. The van der Waals surface area contributed by atoms with E-state index in [1.807, 2.05) is 29.1 Å². The first-order chi connectivity index (χ1) is 13.4. The fraction of sp³-hybridized carbons (Fsp3) is 0.238. The molecule has 0 fully saturated rings. The summed E-state index contributed by atoms with van der Waals surface area (Å²) in [4.78, 5) is 14.3. The minimum absolute atomic E-state index is 0.113. The number of halogens is 2. The molecule has 0 N–H and O–H groups in total. The van der Waals surface area contributed by atoms with Crippen LogP contribution in [-0.4, -0.2) is 33.7 Å². The number of benzene rings is 2. The molecule has 2 aromatic carbocycles. The molecule has 3 rings (SSSR count). The zero-order chi connectivity index (χ0) is 20.1. The zero-order valence-corrected chi connectivity index (χ0v) is 18.0. The first-order valence-electron chi connectivity index (χ1n) is 8.84. The molecule has 1 amide bonds. The monoisotopic (exact) mass is 461 g/mol. The van der Waals surface area contributed by atoms with Gasteiger partial charge in [0, 0.05) is 30.4 Å². The van der Waals surface area contributed by atoms with Crippen molar-refractivity contribution in [1.82, 2.24) is 14.7 Å². The third-order valence-corrected chi connectivity index (χ3v) is 5.07. The summed E-state index contributed by atoms with van der Waals surface area (Å²) in [5, 5.41) is 4.98. The number of rotatable bonds is 7. The maximum absolute atomic E-state index is 12.7. The molecule has 0 spiro atoms. The molecular weight excluding hydrogens is 442 g/mol. The van der Waals surface area contributed by atoms with Crippen molar-refractivity contribution in [2.75, 3.05) is 7.05 Å². The van der Waals surface area contributed by atoms with Crippen molar-refractivity contribution in [3.63, 3.8) is 0 Å². The van der Waals surface area contributed by atoms with Gasteiger partial charge in [-0.3, -0.25) is 9.48 Å². The van der Waals surface area contributed by atoms with Crippen molar-refractivity contribution in [3.05, 3.63) is 81.5 Å². The Morgan fingerprint density at radius 3 is 2.71 bits per heavy atom. The number of ether oxygens (including phenoxy) is 1. The Bertz CT molecular complexity index is 946. The van der Waals surface area contributed by atoms with Gasteiger partial charge in [-0.2, -0.15) is 5.10 Å². The Labute approximate surface area is 178 Å². The third-order valence-electron chi connectivity index (χ3n) is 4.22. The standard InChI is InChI=1S/C21H21BrClN3O2/c1-15(28-20-9-8-18(23)10-19(20)22)21(27)25(2)12-17-11-24-26(14-17)13-16-6-4-3-5-7-16/h3-11,14-15H,12-13H2,1-2H3. The molecule has 7 heteroatoms. The van der Waals surface area contributed by atoms with Crippen LogP contribution in [0.4, 0.5) is 0 Å². The average molecular weight is 463 g/mol. The SMILES string of the molecule is CC(Oc1ccc(Cl)cc1Br)C(=O)N(C)Cc1cnn(Cc2ccccc2)c1. The number of hydrogen-bond donors (Lipinski definition) is 0. The van der Waals surface area contributed by atoms with E-state index in [1.54, 1.807) is 43.3 Å². The minimum Gasteiger partial charge on any atom is -0.480 e. The lowest BCUT2D eigenvalue weighted by atomic mass is 10.2. The van der Waals surface area contributed by atoms with Crippen molar-refractivity contribution in [3.8, 4) is 5.75 Å². The topological polar surface area (TPSA) is 47.4 Å². The summed E-state index contributed by atoms with van der Waals surface area (Å²) in [6.45, 7) is 2.89. The highest BCUT2D eigenvalue weighted by atomic mass is 79.9. The van der Waals surface area contributed by atoms with Gasteiger partial charge in [-0.25, -0.2) is 0 Å². The summed E-state index contributed by atoms with van der Waals surface area (Å²) < 4.78 is 8.37. The van der Waals surface area contributed by atoms with Crippen LogP contribution in [0.3, 0.4) is 0 Å². The van der Waals surface area contributed by atoms with Crippen molar-refractivity contribution < 1.29 is 9.53 Å². The van der Waals surface area contributed by atoms with E-state index in [9.17, 15) is 4.79 Å². The van der Waals surface area contributed by atoms with Crippen LogP contribution < -0.4 is 4.74 Å². The predicted octanol–water partition coefficient (Wildman–Crippen LogP) is 4.77. The quantitative estimate of drug-likeness (QED) is 0.508. The lowest BCUT2D eigenvalue weighted by Crippen LogP contribution is -2.37. The van der Waals surface area contributed by atoms with Crippen LogP contribution in [-0.2, 0) is 17.9 Å². The molecule has 0 aliphatic carbocycles. The van der Waals surface area contributed by atoms with Crippen molar-refractivity contribution in [2.24, 2.45) is 0 Å². The number of aromatic nitrogens is 2. The van der Waals surface area contributed by atoms with Gasteiger partial charge in [0.1, 0.15) is 5.75 Å². The van der Waals surface area contributed by atoms with Gasteiger partial charge in [0.2, 0.25) is 0 Å². The Balaban J connectivity index is 1.57. The van der Waals surface area contributed by atoms with Crippen LogP contribution in [0.25, 0.3) is 0 Å². The zero-order valence-electron chi connectivity index (χ0n) is 15.7. The van der Waals surface area contributed by atoms with E-state index < -0.39 is 6.10 Å². The Morgan fingerprint density at radius 2 is 2.00 bits per heavy atom. The Morgan fingerprint density at radius 1 is 1.25 bits per heavy atom. The second-order valence-electron chi connectivity index (χ2n) is 6.56. The van der Waals surface area contributed by atoms with Crippen LogP contribution >= 0.6 is 27.5 Å². The van der Waals surface area contributed by atoms with Crippen molar-refractivity contribution in [2.45, 2.75) is 26.1 Å². The van der Waals surface area contributed by atoms with Gasteiger partial charge in [0.25, 0.3) is 5.91 Å². The van der Waals surface area contributed by atoms with Gasteiger partial charge in [-0.05, 0) is 46.6 Å². The fourth-order valence-corrected chi connectivity index (χ4v) is 3.59. The van der Waals surface area contributed by atoms with E-state index in [4.69, 9.17) is 16.3 Å². The number of likely N-dealkylation sites (N-methyl/N-ethyl adjacent to an activating group) is 1. The molecule has 0 aliphatic heterocycles. The first-order valence-corrected chi connectivity index (χ1v) is 10.0. The van der Waals surface area contributed by atoms with Crippen LogP contribution in [0.5, 0.6) is 5.75 Å². The molecule has 0 radical (unpaired) electrons. The molecule has 0 saturated heterocycles. The van der Waals surface area contributed by atoms with E-state index in [0.717, 1.165) is 5.56 Å². The number of hydrogen-bond acceptors (Lipinski definition) is 3. The Kier molecular flexibility index (Phi) is 6.75. The number of carbonyl (C=O) groups is 1. The Hall–Kier alpha value is -2.31. The number of amides is 1. The average Bonchev–Trinajstić information content (AvgIpc) is 3.10. The molecule has 1 atom stereocenters. The smallest absolute Gasteiger partial charge is 0.263 e. The van der Waals surface area contributed by atoms with Crippen LogP contribution in [0.1, 0.15) is 18.1 Å². The molecule has 0 bridgehead atoms. The lowest BCUT2D eigenvalue weighted by Gasteiger charge is -2.22. The molecule has 1 heterocycles. The molecule has 3 aromatic rings. The lowest BCUT2D eigenvalue weighted by molar-refractivity contribution is -0.137. The first kappa shape index (κ1) is 20.4. The second kappa shape index (κ2) is 9.26. The summed E-state index contributed by atoms with van der Waals surface area (Å²) in [7, 11) is 1.76. The van der Waals surface area contributed by atoms with E-state index in [-0.39, 0.29) is 5.91 Å². The summed E-state index contributed by atoms with van der Waals surface area (Å²) in [6, 6.07) is 15.3. The maximum Gasteiger partial charge on any atom is 0.263 e. The van der Waals surface area contributed by atoms with Crippen LogP contribution in [0.15, 0.2) is 65.4 Å². The molecule has 1 aromatic heterocycles. The highest BCUT2D eigenvalue weighted by molar-refractivity contribution is 9.10. The van der Waals surface area contributed by atoms with E-state index in [2.05, 4.69) is 33.2 Å². The van der Waals surface area contributed by atoms with E-state index in [0.29, 0.717) is 28.3 Å². The summed E-state index contributed by atoms with van der Waals surface area (Å²) in [5.41, 5.74) is 2.14. The molecule has 0 saturated carbocycles. The summed E-state index contributed by atoms with van der Waals surface area (Å²) in [5.74, 6) is 0.465. The third kappa shape index (κ3) is 5.36.